The standard InChI is InChI=1S/C7H2Cl3F3O/c8-4-1-3(14-7(10,12)13)2-5(9)6(4)11/h1-2H. The van der Waals surface area contributed by atoms with E-state index in [1.165, 1.54) is 0 Å². The van der Waals surface area contributed by atoms with E-state index in [1.54, 1.807) is 0 Å². The number of ether oxygens (including phenoxy) is 1. The summed E-state index contributed by atoms with van der Waals surface area (Å²) in [7, 11) is 0. The number of rotatable bonds is 2. The fourth-order valence-corrected chi connectivity index (χ4v) is 1.28. The van der Waals surface area contributed by atoms with Gasteiger partial charge in [0.25, 0.3) is 0 Å². The summed E-state index contributed by atoms with van der Waals surface area (Å²) in [6.45, 7) is 0. The van der Waals surface area contributed by atoms with E-state index in [-0.39, 0.29) is 0 Å². The highest BCUT2D eigenvalue weighted by Gasteiger charge is 2.28. The summed E-state index contributed by atoms with van der Waals surface area (Å²) in [6.07, 6.45) is 0. The van der Waals surface area contributed by atoms with Gasteiger partial charge in [-0.3, -0.25) is 0 Å². The number of hydrogen-bond donors (Lipinski definition) is 0. The number of hydrogen-bond acceptors (Lipinski definition) is 1. The van der Waals surface area contributed by atoms with Crippen molar-refractivity contribution in [2.45, 2.75) is 5.57 Å². The Morgan fingerprint density at radius 1 is 1.14 bits per heavy atom. The van der Waals surface area contributed by atoms with E-state index in [1.807, 2.05) is 0 Å². The van der Waals surface area contributed by atoms with Gasteiger partial charge in [0.1, 0.15) is 5.75 Å². The van der Waals surface area contributed by atoms with Gasteiger partial charge in [0.05, 0.1) is 10.0 Å². The Morgan fingerprint density at radius 3 is 1.93 bits per heavy atom. The van der Waals surface area contributed by atoms with E-state index in [4.69, 9.17) is 23.2 Å². The van der Waals surface area contributed by atoms with Crippen molar-refractivity contribution in [3.05, 3.63) is 28.0 Å². The lowest BCUT2D eigenvalue weighted by Gasteiger charge is -2.11. The van der Waals surface area contributed by atoms with E-state index in [2.05, 4.69) is 16.3 Å². The number of benzene rings is 1. The fourth-order valence-electron chi connectivity index (χ4n) is 0.725. The zero-order chi connectivity index (χ0) is 10.9. The fraction of sp³-hybridized carbons (Fsp3) is 0.143. The molecule has 78 valence electrons. The summed E-state index contributed by atoms with van der Waals surface area (Å²) in [5, 5.41) is -0.846. The molecule has 0 aliphatic rings. The Kier molecular flexibility index (Phi) is 3.40. The molecule has 0 N–H and O–H groups in total. The van der Waals surface area contributed by atoms with Crippen molar-refractivity contribution in [1.82, 2.24) is 0 Å². The van der Waals surface area contributed by atoms with Crippen LogP contribution in [0.2, 0.25) is 10.0 Å². The molecule has 0 spiro atoms. The van der Waals surface area contributed by atoms with Gasteiger partial charge in [0.15, 0.2) is 5.82 Å². The molecule has 14 heavy (non-hydrogen) atoms. The van der Waals surface area contributed by atoms with Crippen LogP contribution in [-0.2, 0) is 0 Å². The molecule has 1 rings (SSSR count). The van der Waals surface area contributed by atoms with Crippen LogP contribution in [0, 0.1) is 5.82 Å². The normalized spacial score (nSPS) is 11.6. The number of alkyl halides is 3. The lowest BCUT2D eigenvalue weighted by molar-refractivity contribution is -0.0964. The molecule has 0 aliphatic heterocycles. The van der Waals surface area contributed by atoms with Gasteiger partial charge in [-0.1, -0.05) is 23.2 Å². The molecule has 0 amide bonds. The predicted molar refractivity (Wildman–Crippen MR) is 47.8 cm³/mol. The van der Waals surface area contributed by atoms with Gasteiger partial charge in [0.2, 0.25) is 0 Å². The second kappa shape index (κ2) is 4.04. The smallest absolute Gasteiger partial charge is 0.420 e. The molecule has 1 aromatic rings. The molecule has 0 saturated heterocycles. The zero-order valence-corrected chi connectivity index (χ0v) is 8.60. The van der Waals surface area contributed by atoms with Crippen molar-refractivity contribution >= 4 is 34.8 Å². The first-order chi connectivity index (χ1) is 6.29. The maximum Gasteiger partial charge on any atom is 0.487 e. The molecule has 0 aromatic heterocycles. The molecular weight excluding hydrogens is 263 g/mol. The van der Waals surface area contributed by atoms with Gasteiger partial charge < -0.3 is 4.74 Å². The maximum absolute atomic E-state index is 12.8. The lowest BCUT2D eigenvalue weighted by Crippen LogP contribution is -2.15. The average Bonchev–Trinajstić information content (AvgIpc) is 1.96. The van der Waals surface area contributed by atoms with Crippen LogP contribution in [0.15, 0.2) is 12.1 Å². The second-order valence-electron chi connectivity index (χ2n) is 2.25. The van der Waals surface area contributed by atoms with Crippen LogP contribution < -0.4 is 4.74 Å². The summed E-state index contributed by atoms with van der Waals surface area (Å²) < 4.78 is 41.0. The molecule has 0 bridgehead atoms. The van der Waals surface area contributed by atoms with E-state index >= 15 is 0 Å². The summed E-state index contributed by atoms with van der Waals surface area (Å²) in [6, 6.07) is 1.69. The zero-order valence-electron chi connectivity index (χ0n) is 6.33. The van der Waals surface area contributed by atoms with Crippen LogP contribution in [0.4, 0.5) is 13.2 Å². The second-order valence-corrected chi connectivity index (χ2v) is 3.50. The number of halogens is 6. The third kappa shape index (κ3) is 3.12. The first kappa shape index (κ1) is 11.8. The minimum absolute atomic E-state index is 0.415. The minimum Gasteiger partial charge on any atom is -0.420 e. The van der Waals surface area contributed by atoms with Crippen molar-refractivity contribution in [2.75, 3.05) is 0 Å². The summed E-state index contributed by atoms with van der Waals surface area (Å²) >= 11 is 15.1. The Hall–Kier alpha value is -0.320. The van der Waals surface area contributed by atoms with Crippen molar-refractivity contribution in [1.29, 1.82) is 0 Å². The Balaban J connectivity index is 3.02. The Labute approximate surface area is 92.3 Å². The minimum atomic E-state index is -3.88. The van der Waals surface area contributed by atoms with Gasteiger partial charge in [-0.05, 0) is 0 Å². The van der Waals surface area contributed by atoms with Gasteiger partial charge in [-0.25, -0.2) is 4.39 Å². The SMILES string of the molecule is Fc1c(Cl)cc(OC(F)(F)Cl)cc1Cl. The third-order valence-electron chi connectivity index (χ3n) is 1.19. The van der Waals surface area contributed by atoms with Gasteiger partial charge in [0, 0.05) is 23.7 Å². The molecule has 0 radical (unpaired) electrons. The van der Waals surface area contributed by atoms with Crippen LogP contribution in [0.1, 0.15) is 0 Å². The largest absolute Gasteiger partial charge is 0.487 e. The van der Waals surface area contributed by atoms with Crippen molar-refractivity contribution in [3.8, 4) is 5.75 Å². The lowest BCUT2D eigenvalue weighted by atomic mass is 10.3. The highest BCUT2D eigenvalue weighted by molar-refractivity contribution is 6.35. The van der Waals surface area contributed by atoms with Crippen LogP contribution in [0.25, 0.3) is 0 Å². The van der Waals surface area contributed by atoms with Crippen LogP contribution in [-0.4, -0.2) is 5.57 Å². The quantitative estimate of drug-likeness (QED) is 0.572. The monoisotopic (exact) mass is 264 g/mol. The summed E-state index contributed by atoms with van der Waals surface area (Å²) in [5.74, 6) is -1.32. The average molecular weight is 265 g/mol. The first-order valence-electron chi connectivity index (χ1n) is 3.20. The Bertz CT molecular complexity index is 328. The molecule has 0 fully saturated rings. The molecule has 1 nitrogen and oxygen atoms in total. The Morgan fingerprint density at radius 2 is 1.57 bits per heavy atom. The third-order valence-corrected chi connectivity index (χ3v) is 1.82. The molecule has 0 aliphatic carbocycles. The van der Waals surface area contributed by atoms with Crippen molar-refractivity contribution in [3.63, 3.8) is 0 Å². The first-order valence-corrected chi connectivity index (χ1v) is 4.33. The van der Waals surface area contributed by atoms with Crippen LogP contribution in [0.3, 0.4) is 0 Å². The van der Waals surface area contributed by atoms with Gasteiger partial charge >= 0.3 is 5.57 Å². The van der Waals surface area contributed by atoms with E-state index in [0.717, 1.165) is 12.1 Å². The molecule has 0 unspecified atom stereocenters. The summed E-state index contributed by atoms with van der Waals surface area (Å²) in [5.41, 5.74) is -3.88. The van der Waals surface area contributed by atoms with Crippen molar-refractivity contribution in [2.24, 2.45) is 0 Å². The van der Waals surface area contributed by atoms with E-state index in [0.29, 0.717) is 0 Å². The van der Waals surface area contributed by atoms with E-state index < -0.39 is 27.2 Å². The maximum atomic E-state index is 12.8. The molecule has 0 heterocycles. The van der Waals surface area contributed by atoms with Crippen LogP contribution >= 0.6 is 34.8 Å². The van der Waals surface area contributed by atoms with Gasteiger partial charge in [-0.15, -0.1) is 8.78 Å². The molecule has 1 aromatic carbocycles. The predicted octanol–water partition coefficient (Wildman–Crippen LogP) is 4.30. The van der Waals surface area contributed by atoms with Crippen LogP contribution in [0.5, 0.6) is 5.75 Å². The molecular formula is C7H2Cl3F3O. The van der Waals surface area contributed by atoms with Gasteiger partial charge in [-0.2, -0.15) is 0 Å². The molecule has 0 saturated carbocycles. The molecule has 0 atom stereocenters. The highest BCUT2D eigenvalue weighted by atomic mass is 35.5. The van der Waals surface area contributed by atoms with E-state index in [9.17, 15) is 13.2 Å². The highest BCUT2D eigenvalue weighted by Crippen LogP contribution is 2.32. The topological polar surface area (TPSA) is 9.23 Å². The summed E-state index contributed by atoms with van der Waals surface area (Å²) in [4.78, 5) is 0. The van der Waals surface area contributed by atoms with Crippen molar-refractivity contribution < 1.29 is 17.9 Å². The molecule has 7 heteroatoms.